The van der Waals surface area contributed by atoms with Crippen LogP contribution in [0.2, 0.25) is 0 Å². The van der Waals surface area contributed by atoms with Crippen LogP contribution in [-0.4, -0.2) is 14.3 Å². The van der Waals surface area contributed by atoms with Gasteiger partial charge >= 0.3 is 0 Å². The van der Waals surface area contributed by atoms with Crippen LogP contribution in [0.3, 0.4) is 0 Å². The van der Waals surface area contributed by atoms with Crippen LogP contribution in [0.15, 0.2) is 76.1 Å². The molecule has 6 heteroatoms. The molecule has 3 rings (SSSR count). The molecule has 0 aromatic heterocycles. The molecule has 0 fully saturated rings. The van der Waals surface area contributed by atoms with Gasteiger partial charge in [0.15, 0.2) is 0 Å². The summed E-state index contributed by atoms with van der Waals surface area (Å²) in [4.78, 5) is 13.4. The van der Waals surface area contributed by atoms with Crippen molar-refractivity contribution in [3.63, 3.8) is 0 Å². The fourth-order valence-electron chi connectivity index (χ4n) is 2.83. The molecule has 0 unspecified atom stereocenters. The largest absolute Gasteiger partial charge is 0.272 e. The Bertz CT molecular complexity index is 1120. The first-order valence-corrected chi connectivity index (χ1v) is 10.9. The number of rotatable bonds is 4. The van der Waals surface area contributed by atoms with Gasteiger partial charge in [-0.2, -0.15) is 4.31 Å². The number of carbonyl (C=O) groups excluding carboxylic acids is 1. The first-order chi connectivity index (χ1) is 13.2. The van der Waals surface area contributed by atoms with Gasteiger partial charge in [0, 0.05) is 10.0 Å². The van der Waals surface area contributed by atoms with E-state index in [-0.39, 0.29) is 4.90 Å². The SMILES string of the molecule is Cc1ccc(S(=O)(=O)N(C(=O)c2ccc(Br)cc2)c2cccc(C)c2C)cc1. The molecule has 0 aliphatic heterocycles. The average Bonchev–Trinajstić information content (AvgIpc) is 2.66. The molecule has 0 N–H and O–H groups in total. The summed E-state index contributed by atoms with van der Waals surface area (Å²) >= 11 is 3.34. The van der Waals surface area contributed by atoms with E-state index in [4.69, 9.17) is 0 Å². The Labute approximate surface area is 174 Å². The number of nitrogens with zero attached hydrogens (tertiary/aromatic N) is 1. The van der Waals surface area contributed by atoms with Crippen LogP contribution in [0, 0.1) is 20.8 Å². The molecule has 3 aromatic carbocycles. The standard InChI is InChI=1S/C22H20BrNO3S/c1-15-7-13-20(14-8-15)28(26,27)24(21-6-4-5-16(2)17(21)3)22(25)18-9-11-19(23)12-10-18/h4-14H,1-3H3. The number of sulfonamides is 1. The Balaban J connectivity index is 2.22. The Morgan fingerprint density at radius 1 is 0.857 bits per heavy atom. The van der Waals surface area contributed by atoms with Crippen molar-refractivity contribution in [1.82, 2.24) is 0 Å². The van der Waals surface area contributed by atoms with Gasteiger partial charge in [-0.3, -0.25) is 4.79 Å². The topological polar surface area (TPSA) is 54.5 Å². The molecule has 0 heterocycles. The van der Waals surface area contributed by atoms with E-state index in [2.05, 4.69) is 15.9 Å². The van der Waals surface area contributed by atoms with E-state index in [1.54, 1.807) is 48.5 Å². The summed E-state index contributed by atoms with van der Waals surface area (Å²) in [6, 6.07) is 18.4. The number of aryl methyl sites for hydroxylation is 2. The Morgan fingerprint density at radius 2 is 1.46 bits per heavy atom. The molecule has 1 amide bonds. The van der Waals surface area contributed by atoms with Crippen molar-refractivity contribution in [1.29, 1.82) is 0 Å². The molecule has 3 aromatic rings. The van der Waals surface area contributed by atoms with Crippen molar-refractivity contribution in [3.05, 3.63) is 93.5 Å². The molecule has 0 bridgehead atoms. The molecule has 28 heavy (non-hydrogen) atoms. The number of halogens is 1. The summed E-state index contributed by atoms with van der Waals surface area (Å²) in [6.07, 6.45) is 0. The van der Waals surface area contributed by atoms with Crippen LogP contribution < -0.4 is 4.31 Å². The number of carbonyl (C=O) groups is 1. The molecule has 0 aliphatic carbocycles. The molecule has 0 atom stereocenters. The van der Waals surface area contributed by atoms with Crippen molar-refractivity contribution in [2.24, 2.45) is 0 Å². The highest BCUT2D eigenvalue weighted by Crippen LogP contribution is 2.30. The minimum Gasteiger partial charge on any atom is -0.268 e. The summed E-state index contributed by atoms with van der Waals surface area (Å²) in [5.74, 6) is -0.596. The van der Waals surface area contributed by atoms with Crippen LogP contribution in [0.25, 0.3) is 0 Å². The summed E-state index contributed by atoms with van der Waals surface area (Å²) < 4.78 is 28.7. The van der Waals surface area contributed by atoms with Crippen molar-refractivity contribution in [2.75, 3.05) is 4.31 Å². The Hall–Kier alpha value is -2.44. The second-order valence-corrected chi connectivity index (χ2v) is 9.32. The quantitative estimate of drug-likeness (QED) is 0.526. The summed E-state index contributed by atoms with van der Waals surface area (Å²) in [5, 5.41) is 0. The zero-order chi connectivity index (χ0) is 20.5. The molecule has 0 saturated heterocycles. The lowest BCUT2D eigenvalue weighted by atomic mass is 10.1. The van der Waals surface area contributed by atoms with Crippen molar-refractivity contribution in [3.8, 4) is 0 Å². The van der Waals surface area contributed by atoms with Gasteiger partial charge in [-0.15, -0.1) is 0 Å². The third-order valence-electron chi connectivity index (χ3n) is 4.63. The third kappa shape index (κ3) is 3.88. The Morgan fingerprint density at radius 3 is 2.07 bits per heavy atom. The maximum absolute atomic E-state index is 13.5. The van der Waals surface area contributed by atoms with Gasteiger partial charge < -0.3 is 0 Å². The fraction of sp³-hybridized carbons (Fsp3) is 0.136. The minimum atomic E-state index is -4.10. The number of hydrogen-bond donors (Lipinski definition) is 0. The molecule has 0 spiro atoms. The normalized spacial score (nSPS) is 11.3. The fourth-order valence-corrected chi connectivity index (χ4v) is 4.56. The minimum absolute atomic E-state index is 0.0736. The summed E-state index contributed by atoms with van der Waals surface area (Å²) in [7, 11) is -4.10. The van der Waals surface area contributed by atoms with E-state index < -0.39 is 15.9 Å². The van der Waals surface area contributed by atoms with Crippen molar-refractivity contribution < 1.29 is 13.2 Å². The predicted molar refractivity (Wildman–Crippen MR) is 115 cm³/mol. The maximum Gasteiger partial charge on any atom is 0.272 e. The highest BCUT2D eigenvalue weighted by Gasteiger charge is 2.33. The van der Waals surface area contributed by atoms with E-state index in [1.165, 1.54) is 12.1 Å². The summed E-state index contributed by atoms with van der Waals surface area (Å²) in [5.41, 5.74) is 3.23. The van der Waals surface area contributed by atoms with E-state index in [9.17, 15) is 13.2 Å². The van der Waals surface area contributed by atoms with E-state index in [0.29, 0.717) is 11.3 Å². The molecular weight excluding hydrogens is 438 g/mol. The van der Waals surface area contributed by atoms with E-state index >= 15 is 0 Å². The second kappa shape index (κ2) is 7.89. The lowest BCUT2D eigenvalue weighted by Crippen LogP contribution is -2.37. The monoisotopic (exact) mass is 457 g/mol. The van der Waals surface area contributed by atoms with Gasteiger partial charge in [-0.05, 0) is 74.4 Å². The first-order valence-electron chi connectivity index (χ1n) is 8.70. The molecule has 0 saturated carbocycles. The number of hydrogen-bond acceptors (Lipinski definition) is 3. The smallest absolute Gasteiger partial charge is 0.268 e. The zero-order valence-electron chi connectivity index (χ0n) is 15.8. The lowest BCUT2D eigenvalue weighted by Gasteiger charge is -2.25. The number of benzene rings is 3. The van der Waals surface area contributed by atoms with Gasteiger partial charge in [0.05, 0.1) is 10.6 Å². The van der Waals surface area contributed by atoms with Gasteiger partial charge in [0.1, 0.15) is 0 Å². The van der Waals surface area contributed by atoms with Gasteiger partial charge in [-0.1, -0.05) is 45.8 Å². The molecule has 144 valence electrons. The summed E-state index contributed by atoms with van der Waals surface area (Å²) in [6.45, 7) is 5.59. The molecule has 4 nitrogen and oxygen atoms in total. The van der Waals surface area contributed by atoms with Crippen molar-refractivity contribution in [2.45, 2.75) is 25.7 Å². The maximum atomic E-state index is 13.5. The average molecular weight is 458 g/mol. The number of amides is 1. The van der Waals surface area contributed by atoms with Crippen LogP contribution in [0.1, 0.15) is 27.0 Å². The second-order valence-electron chi connectivity index (χ2n) is 6.61. The van der Waals surface area contributed by atoms with Crippen LogP contribution >= 0.6 is 15.9 Å². The van der Waals surface area contributed by atoms with Crippen molar-refractivity contribution >= 4 is 37.5 Å². The highest BCUT2D eigenvalue weighted by molar-refractivity contribution is 9.10. The van der Waals surface area contributed by atoms with Gasteiger partial charge in [0.25, 0.3) is 15.9 Å². The lowest BCUT2D eigenvalue weighted by molar-refractivity contribution is 0.100. The molecule has 0 radical (unpaired) electrons. The Kier molecular flexibility index (Phi) is 5.72. The van der Waals surface area contributed by atoms with E-state index in [0.717, 1.165) is 25.5 Å². The molecular formula is C22H20BrNO3S. The highest BCUT2D eigenvalue weighted by atomic mass is 79.9. The van der Waals surface area contributed by atoms with Gasteiger partial charge in [-0.25, -0.2) is 8.42 Å². The first kappa shape index (κ1) is 20.3. The predicted octanol–water partition coefficient (Wildman–Crippen LogP) is 5.41. The zero-order valence-corrected chi connectivity index (χ0v) is 18.2. The number of anilines is 1. The van der Waals surface area contributed by atoms with E-state index in [1.807, 2.05) is 26.8 Å². The van der Waals surface area contributed by atoms with Gasteiger partial charge in [0.2, 0.25) is 0 Å². The van der Waals surface area contributed by atoms with Crippen LogP contribution in [-0.2, 0) is 10.0 Å². The molecule has 0 aliphatic rings. The van der Waals surface area contributed by atoms with Crippen LogP contribution in [0.4, 0.5) is 5.69 Å². The van der Waals surface area contributed by atoms with Crippen LogP contribution in [0.5, 0.6) is 0 Å². The third-order valence-corrected chi connectivity index (χ3v) is 6.87.